The zero-order valence-corrected chi connectivity index (χ0v) is 18.2. The molecule has 1 aromatic heterocycles. The zero-order chi connectivity index (χ0) is 21.6. The number of fused-ring (bicyclic) bond motifs is 1. The Bertz CT molecular complexity index is 1140. The molecule has 3 aromatic carbocycles. The molecule has 4 aromatic rings. The van der Waals surface area contributed by atoms with E-state index in [1.165, 1.54) is 5.56 Å². The molecule has 0 saturated carbocycles. The van der Waals surface area contributed by atoms with Gasteiger partial charge < -0.3 is 10.3 Å². The Balaban J connectivity index is 1.64. The lowest BCUT2D eigenvalue weighted by molar-refractivity contribution is -0.123. The summed E-state index contributed by atoms with van der Waals surface area (Å²) in [4.78, 5) is 16.0. The molecule has 5 heteroatoms. The number of aryl methyl sites for hydroxylation is 1. The monoisotopic (exact) mass is 431 g/mol. The number of carbonyl (C=O) groups is 1. The van der Waals surface area contributed by atoms with Crippen LogP contribution in [0.5, 0.6) is 0 Å². The SMILES string of the molecule is CNC(=O)C(N[C@@H](CCc1ccc(Cl)cc1)c1ccc2[nH]ccc2c1)c1ccccc1. The Morgan fingerprint density at radius 2 is 1.74 bits per heavy atom. The van der Waals surface area contributed by atoms with Gasteiger partial charge >= 0.3 is 0 Å². The quantitative estimate of drug-likeness (QED) is 0.341. The second-order valence-corrected chi connectivity index (χ2v) is 8.10. The number of H-pyrrole nitrogens is 1. The molecule has 2 atom stereocenters. The number of amides is 1. The number of rotatable bonds is 8. The summed E-state index contributed by atoms with van der Waals surface area (Å²) in [6, 6.07) is 25.8. The molecule has 0 aliphatic carbocycles. The van der Waals surface area contributed by atoms with E-state index in [9.17, 15) is 4.79 Å². The fourth-order valence-electron chi connectivity index (χ4n) is 3.91. The van der Waals surface area contributed by atoms with E-state index in [2.05, 4.69) is 52.0 Å². The van der Waals surface area contributed by atoms with Gasteiger partial charge in [0.25, 0.3) is 0 Å². The molecule has 0 bridgehead atoms. The Morgan fingerprint density at radius 1 is 0.968 bits per heavy atom. The average Bonchev–Trinajstić information content (AvgIpc) is 3.28. The second kappa shape index (κ2) is 9.82. The average molecular weight is 432 g/mol. The van der Waals surface area contributed by atoms with Crippen molar-refractivity contribution in [2.24, 2.45) is 0 Å². The summed E-state index contributed by atoms with van der Waals surface area (Å²) in [6.07, 6.45) is 3.66. The van der Waals surface area contributed by atoms with Gasteiger partial charge in [-0.05, 0) is 65.3 Å². The van der Waals surface area contributed by atoms with Crippen molar-refractivity contribution in [3.8, 4) is 0 Å². The Kier molecular flexibility index (Phi) is 6.70. The maximum atomic E-state index is 12.8. The molecule has 3 N–H and O–H groups in total. The molecule has 158 valence electrons. The maximum Gasteiger partial charge on any atom is 0.241 e. The molecule has 4 rings (SSSR count). The first-order valence-corrected chi connectivity index (χ1v) is 10.9. The predicted octanol–water partition coefficient (Wildman–Crippen LogP) is 5.57. The van der Waals surface area contributed by atoms with Crippen LogP contribution in [-0.4, -0.2) is 17.9 Å². The third kappa shape index (κ3) is 5.16. The van der Waals surface area contributed by atoms with Crippen LogP contribution < -0.4 is 10.6 Å². The molecular weight excluding hydrogens is 406 g/mol. The van der Waals surface area contributed by atoms with Crippen molar-refractivity contribution < 1.29 is 4.79 Å². The van der Waals surface area contributed by atoms with E-state index < -0.39 is 6.04 Å². The number of nitrogens with one attached hydrogen (secondary N) is 3. The van der Waals surface area contributed by atoms with E-state index in [1.807, 2.05) is 48.7 Å². The zero-order valence-electron chi connectivity index (χ0n) is 17.4. The predicted molar refractivity (Wildman–Crippen MR) is 127 cm³/mol. The van der Waals surface area contributed by atoms with E-state index in [4.69, 9.17) is 11.6 Å². The second-order valence-electron chi connectivity index (χ2n) is 7.67. The molecule has 4 nitrogen and oxygen atoms in total. The number of likely N-dealkylation sites (N-methyl/N-ethyl adjacent to an activating group) is 1. The molecule has 1 unspecified atom stereocenters. The fraction of sp³-hybridized carbons (Fsp3) is 0.192. The van der Waals surface area contributed by atoms with E-state index in [0.29, 0.717) is 0 Å². The van der Waals surface area contributed by atoms with Crippen molar-refractivity contribution in [3.63, 3.8) is 0 Å². The topological polar surface area (TPSA) is 56.9 Å². The maximum absolute atomic E-state index is 12.8. The largest absolute Gasteiger partial charge is 0.361 e. The number of carbonyl (C=O) groups excluding carboxylic acids is 1. The lowest BCUT2D eigenvalue weighted by Gasteiger charge is -2.26. The van der Waals surface area contributed by atoms with E-state index in [1.54, 1.807) is 7.05 Å². The summed E-state index contributed by atoms with van der Waals surface area (Å²) in [5.74, 6) is -0.0505. The highest BCUT2D eigenvalue weighted by Crippen LogP contribution is 2.27. The summed E-state index contributed by atoms with van der Waals surface area (Å²) in [6.45, 7) is 0. The molecule has 1 heterocycles. The molecule has 0 fully saturated rings. The normalized spacial score (nSPS) is 13.1. The van der Waals surface area contributed by atoms with Crippen LogP contribution in [0.2, 0.25) is 5.02 Å². The van der Waals surface area contributed by atoms with E-state index in [-0.39, 0.29) is 11.9 Å². The van der Waals surface area contributed by atoms with Gasteiger partial charge in [-0.25, -0.2) is 0 Å². The number of aromatic amines is 1. The van der Waals surface area contributed by atoms with Crippen molar-refractivity contribution in [2.75, 3.05) is 7.05 Å². The minimum atomic E-state index is -0.441. The third-order valence-corrected chi connectivity index (χ3v) is 5.88. The van der Waals surface area contributed by atoms with Crippen LogP contribution in [0.25, 0.3) is 10.9 Å². The molecule has 0 radical (unpaired) electrons. The summed E-state index contributed by atoms with van der Waals surface area (Å²) in [5, 5.41) is 8.33. The number of benzene rings is 3. The first-order valence-electron chi connectivity index (χ1n) is 10.5. The van der Waals surface area contributed by atoms with E-state index >= 15 is 0 Å². The minimum Gasteiger partial charge on any atom is -0.361 e. The molecule has 0 saturated heterocycles. The number of hydrogen-bond donors (Lipinski definition) is 3. The first-order chi connectivity index (χ1) is 15.1. The van der Waals surface area contributed by atoms with Crippen LogP contribution in [0.4, 0.5) is 0 Å². The number of hydrogen-bond acceptors (Lipinski definition) is 2. The van der Waals surface area contributed by atoms with Crippen LogP contribution >= 0.6 is 11.6 Å². The minimum absolute atomic E-state index is 0.00233. The molecule has 0 spiro atoms. The standard InChI is InChI=1S/C26H26ClN3O/c1-28-26(31)25(19-5-3-2-4-6-19)30-24(13-9-18-7-11-22(27)12-8-18)20-10-14-23-21(17-20)15-16-29-23/h2-8,10-12,14-17,24-25,29-30H,9,13H2,1H3,(H,28,31)/t24-,25?/m0/s1. The van der Waals surface area contributed by atoms with Crippen molar-refractivity contribution in [3.05, 3.63) is 107 Å². The summed E-state index contributed by atoms with van der Waals surface area (Å²) in [7, 11) is 1.68. The van der Waals surface area contributed by atoms with Crippen LogP contribution in [0.3, 0.4) is 0 Å². The Hall–Kier alpha value is -3.08. The lowest BCUT2D eigenvalue weighted by atomic mass is 9.95. The van der Waals surface area contributed by atoms with Gasteiger partial charge in [0.1, 0.15) is 6.04 Å². The van der Waals surface area contributed by atoms with Gasteiger partial charge in [-0.3, -0.25) is 10.1 Å². The first kappa shape index (κ1) is 21.2. The van der Waals surface area contributed by atoms with Gasteiger partial charge in [-0.2, -0.15) is 0 Å². The van der Waals surface area contributed by atoms with E-state index in [0.717, 1.165) is 39.9 Å². The Labute approximate surface area is 187 Å². The van der Waals surface area contributed by atoms with Gasteiger partial charge in [-0.1, -0.05) is 60.1 Å². The highest BCUT2D eigenvalue weighted by molar-refractivity contribution is 6.30. The van der Waals surface area contributed by atoms with Gasteiger partial charge in [0.2, 0.25) is 5.91 Å². The van der Waals surface area contributed by atoms with Crippen molar-refractivity contribution in [1.29, 1.82) is 0 Å². The van der Waals surface area contributed by atoms with Gasteiger partial charge in [0.05, 0.1) is 0 Å². The van der Waals surface area contributed by atoms with Gasteiger partial charge in [-0.15, -0.1) is 0 Å². The van der Waals surface area contributed by atoms with Crippen molar-refractivity contribution in [2.45, 2.75) is 24.9 Å². The summed E-state index contributed by atoms with van der Waals surface area (Å²) < 4.78 is 0. The van der Waals surface area contributed by atoms with Crippen molar-refractivity contribution in [1.82, 2.24) is 15.6 Å². The fourth-order valence-corrected chi connectivity index (χ4v) is 4.04. The summed E-state index contributed by atoms with van der Waals surface area (Å²) >= 11 is 6.04. The highest BCUT2D eigenvalue weighted by Gasteiger charge is 2.24. The number of halogens is 1. The van der Waals surface area contributed by atoms with Crippen LogP contribution in [0.1, 0.15) is 35.2 Å². The Morgan fingerprint density at radius 3 is 2.48 bits per heavy atom. The molecule has 0 aliphatic heterocycles. The van der Waals surface area contributed by atoms with Crippen LogP contribution in [0, 0.1) is 0 Å². The number of aromatic nitrogens is 1. The highest BCUT2D eigenvalue weighted by atomic mass is 35.5. The summed E-state index contributed by atoms with van der Waals surface area (Å²) in [5.41, 5.74) is 4.42. The molecule has 31 heavy (non-hydrogen) atoms. The smallest absolute Gasteiger partial charge is 0.241 e. The molecule has 1 amide bonds. The van der Waals surface area contributed by atoms with Crippen LogP contribution in [0.15, 0.2) is 85.1 Å². The van der Waals surface area contributed by atoms with Crippen LogP contribution in [-0.2, 0) is 11.2 Å². The van der Waals surface area contributed by atoms with Gasteiger partial charge in [0.15, 0.2) is 0 Å². The molecule has 0 aliphatic rings. The molecular formula is C26H26ClN3O. The third-order valence-electron chi connectivity index (χ3n) is 5.62. The van der Waals surface area contributed by atoms with Crippen molar-refractivity contribution >= 4 is 28.4 Å². The lowest BCUT2D eigenvalue weighted by Crippen LogP contribution is -2.38. The van der Waals surface area contributed by atoms with Gasteiger partial charge in [0, 0.05) is 29.8 Å².